The second-order valence-corrected chi connectivity index (χ2v) is 3.61. The van der Waals surface area contributed by atoms with E-state index in [1.807, 2.05) is 32.8 Å². The van der Waals surface area contributed by atoms with Gasteiger partial charge in [0.2, 0.25) is 5.91 Å². The molecule has 0 saturated heterocycles. The van der Waals surface area contributed by atoms with Crippen molar-refractivity contribution in [3.8, 4) is 0 Å². The maximum absolute atomic E-state index is 11.1. The first-order valence-corrected chi connectivity index (χ1v) is 4.37. The summed E-state index contributed by atoms with van der Waals surface area (Å²) in [4.78, 5) is 15.1. The van der Waals surface area contributed by atoms with Crippen LogP contribution in [0.1, 0.15) is 20.8 Å². The van der Waals surface area contributed by atoms with Gasteiger partial charge in [0, 0.05) is 26.1 Å². The molecule has 0 fully saturated rings. The Kier molecular flexibility index (Phi) is 4.90. The highest BCUT2D eigenvalue weighted by Gasteiger charge is 2.11. The Hall–Kier alpha value is -0.570. The average Bonchev–Trinajstić information content (AvgIpc) is 1.84. The van der Waals surface area contributed by atoms with Crippen molar-refractivity contribution in [3.63, 3.8) is 0 Å². The summed E-state index contributed by atoms with van der Waals surface area (Å²) in [5.74, 6) is 0.159. The van der Waals surface area contributed by atoms with Gasteiger partial charge in [-0.2, -0.15) is 0 Å². The summed E-state index contributed by atoms with van der Waals surface area (Å²) >= 11 is 0. The molecular formula is C9H20N2O. The lowest BCUT2D eigenvalue weighted by atomic mass is 10.3. The van der Waals surface area contributed by atoms with Crippen LogP contribution in [-0.4, -0.2) is 48.9 Å². The van der Waals surface area contributed by atoms with Gasteiger partial charge in [-0.05, 0) is 27.9 Å². The summed E-state index contributed by atoms with van der Waals surface area (Å²) in [7, 11) is 4.03. The SMILES string of the molecule is CC(=O)N(CCN(C)C)C(C)C. The zero-order valence-corrected chi connectivity index (χ0v) is 8.79. The van der Waals surface area contributed by atoms with Crippen LogP contribution in [0.5, 0.6) is 0 Å². The van der Waals surface area contributed by atoms with Crippen LogP contribution in [0.2, 0.25) is 0 Å². The Labute approximate surface area is 75.3 Å². The molecule has 0 aliphatic carbocycles. The number of amides is 1. The number of hydrogen-bond donors (Lipinski definition) is 0. The first-order valence-electron chi connectivity index (χ1n) is 4.37. The lowest BCUT2D eigenvalue weighted by Crippen LogP contribution is -2.39. The molecule has 0 heterocycles. The molecule has 3 nitrogen and oxygen atoms in total. The zero-order chi connectivity index (χ0) is 9.72. The van der Waals surface area contributed by atoms with E-state index in [2.05, 4.69) is 4.90 Å². The highest BCUT2D eigenvalue weighted by molar-refractivity contribution is 5.73. The Balaban J connectivity index is 3.88. The van der Waals surface area contributed by atoms with Crippen LogP contribution in [0.25, 0.3) is 0 Å². The third kappa shape index (κ3) is 4.34. The minimum Gasteiger partial charge on any atom is -0.339 e. The highest BCUT2D eigenvalue weighted by atomic mass is 16.2. The number of hydrogen-bond acceptors (Lipinski definition) is 2. The van der Waals surface area contributed by atoms with Gasteiger partial charge >= 0.3 is 0 Å². The smallest absolute Gasteiger partial charge is 0.219 e. The monoisotopic (exact) mass is 172 g/mol. The van der Waals surface area contributed by atoms with E-state index in [1.54, 1.807) is 6.92 Å². The third-order valence-corrected chi connectivity index (χ3v) is 1.82. The molecule has 12 heavy (non-hydrogen) atoms. The van der Waals surface area contributed by atoms with Gasteiger partial charge < -0.3 is 9.80 Å². The summed E-state index contributed by atoms with van der Waals surface area (Å²) in [6, 6.07) is 0.308. The maximum atomic E-state index is 11.1. The van der Waals surface area contributed by atoms with E-state index in [1.165, 1.54) is 0 Å². The largest absolute Gasteiger partial charge is 0.339 e. The van der Waals surface area contributed by atoms with Crippen LogP contribution in [0.3, 0.4) is 0 Å². The highest BCUT2D eigenvalue weighted by Crippen LogP contribution is 1.98. The lowest BCUT2D eigenvalue weighted by Gasteiger charge is -2.26. The molecular weight excluding hydrogens is 152 g/mol. The molecule has 0 saturated carbocycles. The van der Waals surface area contributed by atoms with Gasteiger partial charge in [-0.15, -0.1) is 0 Å². The molecule has 0 radical (unpaired) electrons. The van der Waals surface area contributed by atoms with Gasteiger partial charge in [0.15, 0.2) is 0 Å². The van der Waals surface area contributed by atoms with E-state index in [0.717, 1.165) is 13.1 Å². The standard InChI is InChI=1S/C9H20N2O/c1-8(2)11(9(3)12)7-6-10(4)5/h8H,6-7H2,1-5H3. The molecule has 0 aromatic carbocycles. The minimum atomic E-state index is 0.159. The Morgan fingerprint density at radius 1 is 1.25 bits per heavy atom. The van der Waals surface area contributed by atoms with Crippen LogP contribution in [0.4, 0.5) is 0 Å². The Morgan fingerprint density at radius 2 is 1.75 bits per heavy atom. The molecule has 0 atom stereocenters. The van der Waals surface area contributed by atoms with Gasteiger partial charge in [0.05, 0.1) is 0 Å². The van der Waals surface area contributed by atoms with E-state index in [4.69, 9.17) is 0 Å². The Bertz CT molecular complexity index is 143. The zero-order valence-electron chi connectivity index (χ0n) is 8.79. The van der Waals surface area contributed by atoms with Crippen molar-refractivity contribution in [1.82, 2.24) is 9.80 Å². The summed E-state index contributed by atoms with van der Waals surface area (Å²) in [5.41, 5.74) is 0. The molecule has 1 amide bonds. The second-order valence-electron chi connectivity index (χ2n) is 3.61. The second kappa shape index (κ2) is 5.14. The normalized spacial score (nSPS) is 10.9. The number of carbonyl (C=O) groups excluding carboxylic acids is 1. The first-order chi connectivity index (χ1) is 5.45. The van der Waals surface area contributed by atoms with Gasteiger partial charge in [-0.3, -0.25) is 4.79 Å². The molecule has 0 bridgehead atoms. The first kappa shape index (κ1) is 11.4. The molecule has 0 aromatic heterocycles. The molecule has 0 aliphatic rings. The van der Waals surface area contributed by atoms with Crippen LogP contribution in [0, 0.1) is 0 Å². The van der Waals surface area contributed by atoms with Gasteiger partial charge in [0.1, 0.15) is 0 Å². The van der Waals surface area contributed by atoms with Crippen LogP contribution in [-0.2, 0) is 4.79 Å². The minimum absolute atomic E-state index is 0.159. The number of nitrogens with zero attached hydrogens (tertiary/aromatic N) is 2. The summed E-state index contributed by atoms with van der Waals surface area (Å²) < 4.78 is 0. The fraction of sp³-hybridized carbons (Fsp3) is 0.889. The lowest BCUT2D eigenvalue weighted by molar-refractivity contribution is -0.130. The Morgan fingerprint density at radius 3 is 2.00 bits per heavy atom. The fourth-order valence-electron chi connectivity index (χ4n) is 1.09. The van der Waals surface area contributed by atoms with Gasteiger partial charge in [0.25, 0.3) is 0 Å². The van der Waals surface area contributed by atoms with E-state index in [-0.39, 0.29) is 5.91 Å². The number of rotatable bonds is 4. The number of carbonyl (C=O) groups is 1. The predicted octanol–water partition coefficient (Wildman–Crippen LogP) is 0.805. The predicted molar refractivity (Wildman–Crippen MR) is 51.1 cm³/mol. The van der Waals surface area contributed by atoms with E-state index >= 15 is 0 Å². The van der Waals surface area contributed by atoms with Crippen molar-refractivity contribution in [2.24, 2.45) is 0 Å². The molecule has 72 valence electrons. The molecule has 0 aromatic rings. The maximum Gasteiger partial charge on any atom is 0.219 e. The van der Waals surface area contributed by atoms with Crippen molar-refractivity contribution in [2.45, 2.75) is 26.8 Å². The third-order valence-electron chi connectivity index (χ3n) is 1.82. The van der Waals surface area contributed by atoms with Crippen LogP contribution < -0.4 is 0 Å². The average molecular weight is 172 g/mol. The number of likely N-dealkylation sites (N-methyl/N-ethyl adjacent to an activating group) is 1. The molecule has 3 heteroatoms. The topological polar surface area (TPSA) is 23.6 Å². The quantitative estimate of drug-likeness (QED) is 0.626. The summed E-state index contributed by atoms with van der Waals surface area (Å²) in [5, 5.41) is 0. The molecule has 0 spiro atoms. The van der Waals surface area contributed by atoms with Gasteiger partial charge in [-0.1, -0.05) is 0 Å². The summed E-state index contributed by atoms with van der Waals surface area (Å²) in [6.45, 7) is 7.45. The van der Waals surface area contributed by atoms with Crippen molar-refractivity contribution in [1.29, 1.82) is 0 Å². The van der Waals surface area contributed by atoms with Crippen LogP contribution in [0.15, 0.2) is 0 Å². The van der Waals surface area contributed by atoms with Crippen LogP contribution >= 0.6 is 0 Å². The molecule has 0 unspecified atom stereocenters. The molecule has 0 N–H and O–H groups in total. The van der Waals surface area contributed by atoms with Gasteiger partial charge in [-0.25, -0.2) is 0 Å². The van der Waals surface area contributed by atoms with Crippen molar-refractivity contribution in [3.05, 3.63) is 0 Å². The van der Waals surface area contributed by atoms with E-state index < -0.39 is 0 Å². The van der Waals surface area contributed by atoms with Crippen molar-refractivity contribution in [2.75, 3.05) is 27.2 Å². The molecule has 0 rings (SSSR count). The van der Waals surface area contributed by atoms with Crippen molar-refractivity contribution < 1.29 is 4.79 Å². The summed E-state index contributed by atoms with van der Waals surface area (Å²) in [6.07, 6.45) is 0. The van der Waals surface area contributed by atoms with E-state index in [0.29, 0.717) is 6.04 Å². The fourth-order valence-corrected chi connectivity index (χ4v) is 1.09. The molecule has 0 aliphatic heterocycles. The van der Waals surface area contributed by atoms with E-state index in [9.17, 15) is 4.79 Å². The van der Waals surface area contributed by atoms with Crippen molar-refractivity contribution >= 4 is 5.91 Å².